The van der Waals surface area contributed by atoms with Gasteiger partial charge in [-0.25, -0.2) is 0 Å². The lowest BCUT2D eigenvalue weighted by molar-refractivity contribution is 0.466. The molecule has 0 radical (unpaired) electrons. The summed E-state index contributed by atoms with van der Waals surface area (Å²) >= 11 is 11.1. The van der Waals surface area contributed by atoms with Crippen molar-refractivity contribution in [2.75, 3.05) is 0 Å². The summed E-state index contributed by atoms with van der Waals surface area (Å²) in [6.45, 7) is 0. The van der Waals surface area contributed by atoms with Crippen LogP contribution in [0.4, 0.5) is 0 Å². The lowest BCUT2D eigenvalue weighted by Crippen LogP contribution is -2.31. The first-order valence-corrected chi connectivity index (χ1v) is 5.88. The maximum Gasteiger partial charge on any atom is 0.167 e. The highest BCUT2D eigenvalue weighted by molar-refractivity contribution is 7.80. The Labute approximate surface area is 99.0 Å². The Morgan fingerprint density at radius 3 is 3.07 bits per heavy atom. The van der Waals surface area contributed by atoms with Crippen molar-refractivity contribution < 1.29 is 0 Å². The summed E-state index contributed by atoms with van der Waals surface area (Å²) in [4.78, 5) is 0. The van der Waals surface area contributed by atoms with E-state index < -0.39 is 0 Å². The van der Waals surface area contributed by atoms with E-state index in [1.165, 1.54) is 11.1 Å². The van der Waals surface area contributed by atoms with Gasteiger partial charge in [-0.05, 0) is 48.3 Å². The summed E-state index contributed by atoms with van der Waals surface area (Å²) in [6.07, 6.45) is 2.19. The number of rotatable bonds is 0. The topological polar surface area (TPSA) is 24.1 Å². The number of nitrogens with one attached hydrogen (secondary N) is 2. The van der Waals surface area contributed by atoms with E-state index in [-0.39, 0.29) is 0 Å². The van der Waals surface area contributed by atoms with Crippen molar-refractivity contribution in [1.82, 2.24) is 10.6 Å². The third-order valence-electron chi connectivity index (χ3n) is 3.17. The quantitative estimate of drug-likeness (QED) is 0.678. The number of hydrogen-bond acceptors (Lipinski definition) is 1. The monoisotopic (exact) mass is 238 g/mol. The van der Waals surface area contributed by atoms with Gasteiger partial charge in [0.05, 0.1) is 12.1 Å². The van der Waals surface area contributed by atoms with Crippen molar-refractivity contribution in [2.45, 2.75) is 24.9 Å². The standard InChI is InChI=1S/C11H11ClN2S/c12-7-2-3-8-6(5-7)1-4-9-10(8)14-11(15)13-9/h2-3,5,9-10H,1,4H2,(H2,13,14,15)/t9-,10-/m0/s1. The van der Waals surface area contributed by atoms with Crippen molar-refractivity contribution in [3.63, 3.8) is 0 Å². The molecule has 4 heteroatoms. The molecule has 0 amide bonds. The second-order valence-corrected chi connectivity index (χ2v) is 4.93. The van der Waals surface area contributed by atoms with Gasteiger partial charge < -0.3 is 10.6 Å². The van der Waals surface area contributed by atoms with E-state index >= 15 is 0 Å². The minimum Gasteiger partial charge on any atom is -0.358 e. The molecule has 0 bridgehead atoms. The molecule has 2 N–H and O–H groups in total. The van der Waals surface area contributed by atoms with Crippen LogP contribution < -0.4 is 10.6 Å². The maximum absolute atomic E-state index is 5.99. The van der Waals surface area contributed by atoms with Crippen molar-refractivity contribution in [2.24, 2.45) is 0 Å². The molecular formula is C11H11ClN2S. The molecule has 1 fully saturated rings. The van der Waals surface area contributed by atoms with Gasteiger partial charge in [-0.1, -0.05) is 17.7 Å². The van der Waals surface area contributed by atoms with Crippen molar-refractivity contribution in [1.29, 1.82) is 0 Å². The maximum atomic E-state index is 5.99. The molecule has 0 saturated carbocycles. The first-order chi connectivity index (χ1) is 7.24. The zero-order valence-electron chi connectivity index (χ0n) is 8.09. The van der Waals surface area contributed by atoms with Crippen LogP contribution in [0.1, 0.15) is 23.6 Å². The van der Waals surface area contributed by atoms with Gasteiger partial charge >= 0.3 is 0 Å². The summed E-state index contributed by atoms with van der Waals surface area (Å²) < 4.78 is 0. The van der Waals surface area contributed by atoms with E-state index in [1.54, 1.807) is 0 Å². The van der Waals surface area contributed by atoms with Crippen LogP contribution in [0.2, 0.25) is 5.02 Å². The van der Waals surface area contributed by atoms with Gasteiger partial charge in [0.1, 0.15) is 0 Å². The van der Waals surface area contributed by atoms with E-state index in [0.29, 0.717) is 12.1 Å². The Bertz CT molecular complexity index is 433. The fourth-order valence-corrected chi connectivity index (χ4v) is 2.95. The van der Waals surface area contributed by atoms with E-state index in [0.717, 1.165) is 23.0 Å². The molecule has 1 saturated heterocycles. The Hall–Kier alpha value is -0.800. The van der Waals surface area contributed by atoms with Gasteiger partial charge in [0.25, 0.3) is 0 Å². The van der Waals surface area contributed by atoms with Crippen LogP contribution in [0.5, 0.6) is 0 Å². The molecule has 1 aromatic rings. The van der Waals surface area contributed by atoms with E-state index in [1.807, 2.05) is 6.07 Å². The molecule has 0 aromatic heterocycles. The molecule has 15 heavy (non-hydrogen) atoms. The lowest BCUT2D eigenvalue weighted by Gasteiger charge is -2.27. The van der Waals surface area contributed by atoms with Gasteiger partial charge in [-0.15, -0.1) is 0 Å². The van der Waals surface area contributed by atoms with Crippen LogP contribution in [0, 0.1) is 0 Å². The third-order valence-corrected chi connectivity index (χ3v) is 3.64. The van der Waals surface area contributed by atoms with Crippen LogP contribution in [0.25, 0.3) is 0 Å². The summed E-state index contributed by atoms with van der Waals surface area (Å²) in [5, 5.41) is 8.20. The average molecular weight is 239 g/mol. The molecule has 2 nitrogen and oxygen atoms in total. The smallest absolute Gasteiger partial charge is 0.167 e. The first-order valence-electron chi connectivity index (χ1n) is 5.09. The first kappa shape index (κ1) is 9.43. The number of aryl methyl sites for hydroxylation is 1. The van der Waals surface area contributed by atoms with E-state index in [4.69, 9.17) is 23.8 Å². The normalized spacial score (nSPS) is 27.7. The van der Waals surface area contributed by atoms with Crippen molar-refractivity contribution in [3.05, 3.63) is 34.3 Å². The van der Waals surface area contributed by atoms with Gasteiger partial charge in [0, 0.05) is 5.02 Å². The minimum absolute atomic E-state index is 0.332. The summed E-state index contributed by atoms with van der Waals surface area (Å²) in [6, 6.07) is 6.91. The highest BCUT2D eigenvalue weighted by Crippen LogP contribution is 2.33. The largest absolute Gasteiger partial charge is 0.358 e. The molecule has 1 aliphatic carbocycles. The Balaban J connectivity index is 2.05. The molecule has 2 atom stereocenters. The molecule has 1 aliphatic heterocycles. The van der Waals surface area contributed by atoms with Gasteiger partial charge in [0.15, 0.2) is 5.11 Å². The molecule has 78 valence electrons. The number of hydrogen-bond donors (Lipinski definition) is 2. The van der Waals surface area contributed by atoms with Gasteiger partial charge in [-0.2, -0.15) is 0 Å². The highest BCUT2D eigenvalue weighted by Gasteiger charge is 2.34. The zero-order valence-corrected chi connectivity index (χ0v) is 9.66. The fraction of sp³-hybridized carbons (Fsp3) is 0.364. The summed E-state index contributed by atoms with van der Waals surface area (Å²) in [7, 11) is 0. The van der Waals surface area contributed by atoms with Crippen LogP contribution in [-0.2, 0) is 6.42 Å². The number of fused-ring (bicyclic) bond motifs is 3. The average Bonchev–Trinajstić information content (AvgIpc) is 2.58. The number of halogens is 1. The Kier molecular flexibility index (Phi) is 2.11. The molecule has 3 rings (SSSR count). The minimum atomic E-state index is 0.332. The predicted octanol–water partition coefficient (Wildman–Crippen LogP) is 2.17. The van der Waals surface area contributed by atoms with Crippen LogP contribution >= 0.6 is 23.8 Å². The predicted molar refractivity (Wildman–Crippen MR) is 65.2 cm³/mol. The molecule has 1 heterocycles. The SMILES string of the molecule is S=C1N[C@H]2CCc3cc(Cl)ccc3[C@@H]2N1. The zero-order chi connectivity index (χ0) is 10.4. The fourth-order valence-electron chi connectivity index (χ4n) is 2.47. The van der Waals surface area contributed by atoms with E-state index in [2.05, 4.69) is 22.8 Å². The second kappa shape index (κ2) is 3.35. The molecule has 0 unspecified atom stereocenters. The Morgan fingerprint density at radius 2 is 2.20 bits per heavy atom. The summed E-state index contributed by atoms with van der Waals surface area (Å²) in [5.74, 6) is 0. The van der Waals surface area contributed by atoms with Crippen molar-refractivity contribution in [3.8, 4) is 0 Å². The molecular weight excluding hydrogens is 228 g/mol. The Morgan fingerprint density at radius 1 is 1.33 bits per heavy atom. The molecule has 0 spiro atoms. The van der Waals surface area contributed by atoms with Crippen LogP contribution in [-0.4, -0.2) is 11.2 Å². The van der Waals surface area contributed by atoms with Crippen LogP contribution in [0.3, 0.4) is 0 Å². The second-order valence-electron chi connectivity index (χ2n) is 4.08. The number of benzene rings is 1. The highest BCUT2D eigenvalue weighted by atomic mass is 35.5. The summed E-state index contributed by atoms with van der Waals surface area (Å²) in [5.41, 5.74) is 2.69. The lowest BCUT2D eigenvalue weighted by atomic mass is 9.85. The van der Waals surface area contributed by atoms with Gasteiger partial charge in [-0.3, -0.25) is 0 Å². The molecule has 2 aliphatic rings. The van der Waals surface area contributed by atoms with Gasteiger partial charge in [0.2, 0.25) is 0 Å². The van der Waals surface area contributed by atoms with Crippen LogP contribution in [0.15, 0.2) is 18.2 Å². The third kappa shape index (κ3) is 1.50. The number of thiocarbonyl (C=S) groups is 1. The van der Waals surface area contributed by atoms with E-state index in [9.17, 15) is 0 Å². The van der Waals surface area contributed by atoms with Crippen molar-refractivity contribution >= 4 is 28.9 Å². The molecule has 1 aromatic carbocycles.